The van der Waals surface area contributed by atoms with Crippen molar-refractivity contribution in [2.75, 3.05) is 13.1 Å². The molecule has 3 amide bonds. The monoisotopic (exact) mass is 566 g/mol. The van der Waals surface area contributed by atoms with E-state index in [1.807, 2.05) is 30.3 Å². The summed E-state index contributed by atoms with van der Waals surface area (Å²) in [5.41, 5.74) is 0.746. The van der Waals surface area contributed by atoms with Crippen molar-refractivity contribution < 1.29 is 28.8 Å². The Bertz CT molecular complexity index is 1290. The van der Waals surface area contributed by atoms with Gasteiger partial charge in [-0.1, -0.05) is 42.5 Å². The molecular formula is C30H38N4O7. The van der Waals surface area contributed by atoms with Crippen LogP contribution in [-0.2, 0) is 20.8 Å². The molecule has 220 valence electrons. The first-order chi connectivity index (χ1) is 19.3. The van der Waals surface area contributed by atoms with Gasteiger partial charge in [-0.25, -0.2) is 14.6 Å². The van der Waals surface area contributed by atoms with E-state index in [1.165, 1.54) is 23.1 Å². The van der Waals surface area contributed by atoms with Crippen LogP contribution in [0.25, 0.3) is 0 Å². The summed E-state index contributed by atoms with van der Waals surface area (Å²) in [5.74, 6) is -1.53. The highest BCUT2D eigenvalue weighted by molar-refractivity contribution is 6.08. The third-order valence-corrected chi connectivity index (χ3v) is 6.34. The number of nitrogens with zero attached hydrogens (tertiary/aromatic N) is 4. The molecule has 2 aromatic rings. The minimum Gasteiger partial charge on any atom is -0.462 e. The van der Waals surface area contributed by atoms with Gasteiger partial charge in [-0.2, -0.15) is 0 Å². The van der Waals surface area contributed by atoms with E-state index in [0.717, 1.165) is 5.56 Å². The molecule has 0 N–H and O–H groups in total. The smallest absolute Gasteiger partial charge is 0.410 e. The average molecular weight is 567 g/mol. The molecule has 0 aromatic heterocycles. The van der Waals surface area contributed by atoms with Crippen LogP contribution < -0.4 is 0 Å². The van der Waals surface area contributed by atoms with Gasteiger partial charge in [-0.15, -0.1) is 0 Å². The Balaban J connectivity index is 1.91. The molecule has 0 saturated carbocycles. The van der Waals surface area contributed by atoms with E-state index < -0.39 is 46.7 Å². The van der Waals surface area contributed by atoms with Crippen molar-refractivity contribution >= 4 is 29.5 Å². The maximum atomic E-state index is 13.2. The fraction of sp³-hybridized carbons (Fsp3) is 0.467. The highest BCUT2D eigenvalue weighted by Crippen LogP contribution is 2.36. The molecule has 3 rings (SSSR count). The molecule has 2 atom stereocenters. The van der Waals surface area contributed by atoms with Gasteiger partial charge < -0.3 is 19.3 Å². The van der Waals surface area contributed by atoms with Gasteiger partial charge in [0.15, 0.2) is 0 Å². The first-order valence-electron chi connectivity index (χ1n) is 13.6. The number of non-ortho nitro benzene ring substituents is 1. The number of rotatable bonds is 10. The Morgan fingerprint density at radius 3 is 2.41 bits per heavy atom. The summed E-state index contributed by atoms with van der Waals surface area (Å²) in [6.07, 6.45) is -0.564. The van der Waals surface area contributed by atoms with Gasteiger partial charge in [0.1, 0.15) is 11.5 Å². The van der Waals surface area contributed by atoms with E-state index in [9.17, 15) is 24.5 Å². The fourth-order valence-electron chi connectivity index (χ4n) is 4.64. The minimum atomic E-state index is -0.955. The SMILES string of the molecule is CC1=NC(=O)N(CCCN(Cc2ccccc2)C(=O)OC(C)(C)C)C(c2cccc([N+](=O)[O-])c2)C1C(=O)OC(C)C. The lowest BCUT2D eigenvalue weighted by Gasteiger charge is -2.39. The molecule has 0 spiro atoms. The van der Waals surface area contributed by atoms with Gasteiger partial charge in [-0.3, -0.25) is 14.9 Å². The van der Waals surface area contributed by atoms with Crippen LogP contribution in [-0.4, -0.2) is 63.3 Å². The van der Waals surface area contributed by atoms with Crippen molar-refractivity contribution in [3.05, 3.63) is 75.8 Å². The topological polar surface area (TPSA) is 132 Å². The summed E-state index contributed by atoms with van der Waals surface area (Å²) in [4.78, 5) is 57.6. The molecule has 1 aliphatic rings. The number of nitro benzene ring substituents is 1. The lowest BCUT2D eigenvalue weighted by Crippen LogP contribution is -2.48. The van der Waals surface area contributed by atoms with E-state index in [4.69, 9.17) is 9.47 Å². The van der Waals surface area contributed by atoms with E-state index in [1.54, 1.807) is 52.5 Å². The summed E-state index contributed by atoms with van der Waals surface area (Å²) < 4.78 is 11.1. The highest BCUT2D eigenvalue weighted by atomic mass is 16.6. The molecule has 2 unspecified atom stereocenters. The normalized spacial score (nSPS) is 17.2. The van der Waals surface area contributed by atoms with Gasteiger partial charge in [-0.05, 0) is 59.1 Å². The molecule has 0 saturated heterocycles. The van der Waals surface area contributed by atoms with Crippen molar-refractivity contribution in [1.82, 2.24) is 9.80 Å². The lowest BCUT2D eigenvalue weighted by molar-refractivity contribution is -0.385. The Morgan fingerprint density at radius 1 is 1.12 bits per heavy atom. The predicted octanol–water partition coefficient (Wildman–Crippen LogP) is 5.93. The number of hydrogen-bond acceptors (Lipinski definition) is 7. The highest BCUT2D eigenvalue weighted by Gasteiger charge is 2.43. The summed E-state index contributed by atoms with van der Waals surface area (Å²) in [6, 6.07) is 13.9. The minimum absolute atomic E-state index is 0.127. The Kier molecular flexibility index (Phi) is 10.2. The van der Waals surface area contributed by atoms with Gasteiger partial charge in [0, 0.05) is 37.5 Å². The Labute approximate surface area is 240 Å². The lowest BCUT2D eigenvalue weighted by atomic mass is 9.86. The van der Waals surface area contributed by atoms with Crippen LogP contribution in [0.15, 0.2) is 59.6 Å². The third kappa shape index (κ3) is 8.60. The fourth-order valence-corrected chi connectivity index (χ4v) is 4.64. The molecule has 2 aromatic carbocycles. The number of carbonyl (C=O) groups is 3. The second-order valence-electron chi connectivity index (χ2n) is 11.2. The quantitative estimate of drug-likeness (QED) is 0.198. The standard InChI is InChI=1S/C30H38N4O7/c1-20(2)40-27(35)25-21(3)31-28(36)33(26(25)23-14-10-15-24(18-23)34(38)39)17-11-16-32(29(37)41-30(4,5)6)19-22-12-8-7-9-13-22/h7-10,12-15,18,20,25-26H,11,16-17,19H2,1-6H3. The number of carbonyl (C=O) groups excluding carboxylic acids is 3. The van der Waals surface area contributed by atoms with Crippen LogP contribution >= 0.6 is 0 Å². The number of ether oxygens (including phenoxy) is 2. The first kappa shape index (κ1) is 31.3. The summed E-state index contributed by atoms with van der Waals surface area (Å²) in [5, 5.41) is 11.5. The number of esters is 1. The summed E-state index contributed by atoms with van der Waals surface area (Å²) in [6.45, 7) is 11.1. The number of aliphatic imine (C=N–C) groups is 1. The second-order valence-corrected chi connectivity index (χ2v) is 11.2. The van der Waals surface area contributed by atoms with Gasteiger partial charge in [0.25, 0.3) is 5.69 Å². The summed E-state index contributed by atoms with van der Waals surface area (Å²) in [7, 11) is 0. The molecule has 0 radical (unpaired) electrons. The summed E-state index contributed by atoms with van der Waals surface area (Å²) >= 11 is 0. The van der Waals surface area contributed by atoms with Crippen LogP contribution in [0.3, 0.4) is 0 Å². The zero-order valence-electron chi connectivity index (χ0n) is 24.4. The molecule has 0 aliphatic carbocycles. The van der Waals surface area contributed by atoms with Crippen molar-refractivity contribution in [3.63, 3.8) is 0 Å². The zero-order chi connectivity index (χ0) is 30.3. The van der Waals surface area contributed by atoms with Crippen molar-refractivity contribution in [1.29, 1.82) is 0 Å². The van der Waals surface area contributed by atoms with Crippen LogP contribution in [0, 0.1) is 16.0 Å². The Hall–Kier alpha value is -4.28. The molecule has 11 nitrogen and oxygen atoms in total. The second kappa shape index (κ2) is 13.4. The van der Waals surface area contributed by atoms with Crippen LogP contribution in [0.2, 0.25) is 0 Å². The van der Waals surface area contributed by atoms with E-state index in [-0.39, 0.29) is 24.5 Å². The van der Waals surface area contributed by atoms with Crippen molar-refractivity contribution in [3.8, 4) is 0 Å². The maximum Gasteiger partial charge on any atom is 0.410 e. The maximum absolute atomic E-state index is 13.2. The van der Waals surface area contributed by atoms with Crippen molar-refractivity contribution in [2.45, 2.75) is 72.3 Å². The molecule has 1 heterocycles. The average Bonchev–Trinajstić information content (AvgIpc) is 2.88. The Morgan fingerprint density at radius 2 is 1.80 bits per heavy atom. The van der Waals surface area contributed by atoms with E-state index >= 15 is 0 Å². The molecule has 0 fully saturated rings. The predicted molar refractivity (Wildman–Crippen MR) is 153 cm³/mol. The number of benzene rings is 2. The van der Waals surface area contributed by atoms with Crippen LogP contribution in [0.1, 0.15) is 65.1 Å². The zero-order valence-corrected chi connectivity index (χ0v) is 24.4. The van der Waals surface area contributed by atoms with E-state index in [2.05, 4.69) is 4.99 Å². The number of urea groups is 1. The number of hydrogen-bond donors (Lipinski definition) is 0. The molecular weight excluding hydrogens is 528 g/mol. The van der Waals surface area contributed by atoms with Crippen LogP contribution in [0.5, 0.6) is 0 Å². The largest absolute Gasteiger partial charge is 0.462 e. The van der Waals surface area contributed by atoms with Gasteiger partial charge in [0.2, 0.25) is 0 Å². The molecule has 0 bridgehead atoms. The van der Waals surface area contributed by atoms with Crippen molar-refractivity contribution in [2.24, 2.45) is 10.9 Å². The third-order valence-electron chi connectivity index (χ3n) is 6.34. The molecule has 11 heteroatoms. The molecule has 1 aliphatic heterocycles. The van der Waals surface area contributed by atoms with Gasteiger partial charge in [0.05, 0.1) is 17.1 Å². The van der Waals surface area contributed by atoms with Crippen LogP contribution in [0.4, 0.5) is 15.3 Å². The molecule has 41 heavy (non-hydrogen) atoms. The number of amides is 3. The van der Waals surface area contributed by atoms with Gasteiger partial charge >= 0.3 is 18.1 Å². The van der Waals surface area contributed by atoms with E-state index in [0.29, 0.717) is 18.5 Å². The number of nitro groups is 1. The first-order valence-corrected chi connectivity index (χ1v) is 13.6.